The van der Waals surface area contributed by atoms with E-state index in [0.717, 1.165) is 68.7 Å². The minimum Gasteiger partial charge on any atom is -0.474 e. The number of rotatable bonds is 4. The van der Waals surface area contributed by atoms with Gasteiger partial charge in [-0.1, -0.05) is 5.21 Å². The average Bonchev–Trinajstić information content (AvgIpc) is 3.30. The zero-order valence-electron chi connectivity index (χ0n) is 15.8. The molecule has 1 aliphatic heterocycles. The normalized spacial score (nSPS) is 23.1. The summed E-state index contributed by atoms with van der Waals surface area (Å²) in [4.78, 5) is 11.7. The van der Waals surface area contributed by atoms with Crippen LogP contribution in [0.2, 0.25) is 0 Å². The van der Waals surface area contributed by atoms with Gasteiger partial charge in [0.15, 0.2) is 0 Å². The lowest BCUT2D eigenvalue weighted by Gasteiger charge is -2.30. The third-order valence-corrected chi connectivity index (χ3v) is 5.62. The minimum atomic E-state index is 0.163. The first-order chi connectivity index (χ1) is 13.9. The SMILES string of the molecule is c1cnc2cc(N3CCOCC3)nc(OC3CCC(n4ccnn4)CC3)c2c1. The molecule has 8 nitrogen and oxygen atoms in total. The number of hydrogen-bond acceptors (Lipinski definition) is 7. The summed E-state index contributed by atoms with van der Waals surface area (Å²) in [5.41, 5.74) is 0.922. The van der Waals surface area contributed by atoms with E-state index in [9.17, 15) is 0 Å². The van der Waals surface area contributed by atoms with E-state index < -0.39 is 0 Å². The van der Waals surface area contributed by atoms with Crippen LogP contribution < -0.4 is 9.64 Å². The fourth-order valence-electron chi connectivity index (χ4n) is 4.07. The molecule has 1 aliphatic carbocycles. The molecule has 8 heteroatoms. The zero-order valence-corrected chi connectivity index (χ0v) is 15.8. The Balaban J connectivity index is 1.36. The number of hydrogen-bond donors (Lipinski definition) is 0. The van der Waals surface area contributed by atoms with Gasteiger partial charge in [0.25, 0.3) is 0 Å². The molecule has 0 spiro atoms. The van der Waals surface area contributed by atoms with Gasteiger partial charge in [-0.25, -0.2) is 4.68 Å². The number of nitrogens with zero attached hydrogens (tertiary/aromatic N) is 6. The fraction of sp³-hybridized carbons (Fsp3) is 0.500. The van der Waals surface area contributed by atoms with Gasteiger partial charge in [0.05, 0.1) is 36.4 Å². The van der Waals surface area contributed by atoms with Crippen LogP contribution in [0.3, 0.4) is 0 Å². The molecule has 0 bridgehead atoms. The lowest BCUT2D eigenvalue weighted by Crippen LogP contribution is -2.36. The molecule has 5 rings (SSSR count). The largest absolute Gasteiger partial charge is 0.474 e. The van der Waals surface area contributed by atoms with Crippen molar-refractivity contribution in [3.05, 3.63) is 36.8 Å². The molecular weight excluding hydrogens is 356 g/mol. The highest BCUT2D eigenvalue weighted by atomic mass is 16.5. The first-order valence-corrected chi connectivity index (χ1v) is 9.98. The number of pyridine rings is 2. The Bertz CT molecular complexity index is 918. The van der Waals surface area contributed by atoms with Crippen molar-refractivity contribution in [3.8, 4) is 5.88 Å². The van der Waals surface area contributed by atoms with Crippen molar-refractivity contribution < 1.29 is 9.47 Å². The van der Waals surface area contributed by atoms with Crippen LogP contribution in [0, 0.1) is 0 Å². The number of aromatic nitrogens is 5. The second-order valence-corrected chi connectivity index (χ2v) is 7.39. The van der Waals surface area contributed by atoms with Crippen molar-refractivity contribution in [2.45, 2.75) is 37.8 Å². The predicted octanol–water partition coefficient (Wildman–Crippen LogP) is 2.62. The molecular formula is C20H24N6O2. The van der Waals surface area contributed by atoms with Crippen molar-refractivity contribution in [1.82, 2.24) is 25.0 Å². The number of morpholine rings is 1. The van der Waals surface area contributed by atoms with Crippen molar-refractivity contribution >= 4 is 16.7 Å². The first kappa shape index (κ1) is 17.4. The highest BCUT2D eigenvalue weighted by Crippen LogP contribution is 2.33. The molecule has 146 valence electrons. The second-order valence-electron chi connectivity index (χ2n) is 7.39. The number of anilines is 1. The van der Waals surface area contributed by atoms with Crippen LogP contribution >= 0.6 is 0 Å². The maximum Gasteiger partial charge on any atom is 0.225 e. The van der Waals surface area contributed by atoms with E-state index >= 15 is 0 Å². The number of fused-ring (bicyclic) bond motifs is 1. The van der Waals surface area contributed by atoms with Crippen molar-refractivity contribution in [3.63, 3.8) is 0 Å². The third kappa shape index (κ3) is 3.52. The van der Waals surface area contributed by atoms with E-state index in [1.807, 2.05) is 29.2 Å². The topological polar surface area (TPSA) is 78.2 Å². The standard InChI is InChI=1S/C20H24N6O2/c1-2-17-18(21-7-1)14-19(25-10-12-27-13-11-25)23-20(17)28-16-5-3-15(4-6-16)26-9-8-22-24-26/h1-2,7-9,14-16H,3-6,10-13H2. The molecule has 0 atom stereocenters. The predicted molar refractivity (Wildman–Crippen MR) is 105 cm³/mol. The van der Waals surface area contributed by atoms with Crippen LogP contribution in [0.25, 0.3) is 10.9 Å². The lowest BCUT2D eigenvalue weighted by atomic mass is 9.93. The monoisotopic (exact) mass is 380 g/mol. The highest BCUT2D eigenvalue weighted by molar-refractivity contribution is 5.85. The van der Waals surface area contributed by atoms with Gasteiger partial charge in [-0.05, 0) is 37.8 Å². The van der Waals surface area contributed by atoms with E-state index in [2.05, 4.69) is 26.3 Å². The molecule has 1 saturated carbocycles. The molecule has 0 N–H and O–H groups in total. The summed E-state index contributed by atoms with van der Waals surface area (Å²) in [6, 6.07) is 6.44. The van der Waals surface area contributed by atoms with Crippen molar-refractivity contribution in [1.29, 1.82) is 0 Å². The van der Waals surface area contributed by atoms with Crippen molar-refractivity contribution in [2.24, 2.45) is 0 Å². The van der Waals surface area contributed by atoms with E-state index in [1.54, 1.807) is 6.20 Å². The van der Waals surface area contributed by atoms with Gasteiger partial charge >= 0.3 is 0 Å². The van der Waals surface area contributed by atoms with Crippen LogP contribution in [0.4, 0.5) is 5.82 Å². The quantitative estimate of drug-likeness (QED) is 0.688. The lowest BCUT2D eigenvalue weighted by molar-refractivity contribution is 0.120. The van der Waals surface area contributed by atoms with E-state index in [-0.39, 0.29) is 6.10 Å². The van der Waals surface area contributed by atoms with Gasteiger partial charge in [0.1, 0.15) is 11.9 Å². The van der Waals surface area contributed by atoms with Crippen LogP contribution in [0.5, 0.6) is 5.88 Å². The Hall–Kier alpha value is -2.74. The van der Waals surface area contributed by atoms with Crippen LogP contribution in [0.1, 0.15) is 31.7 Å². The van der Waals surface area contributed by atoms with Gasteiger partial charge in [-0.2, -0.15) is 4.98 Å². The Morgan fingerprint density at radius 2 is 1.93 bits per heavy atom. The minimum absolute atomic E-state index is 0.163. The van der Waals surface area contributed by atoms with E-state index in [4.69, 9.17) is 14.5 Å². The summed E-state index contributed by atoms with van der Waals surface area (Å²) in [5.74, 6) is 1.61. The van der Waals surface area contributed by atoms with Crippen LogP contribution in [-0.4, -0.2) is 57.4 Å². The summed E-state index contributed by atoms with van der Waals surface area (Å²) in [5, 5.41) is 9.04. The van der Waals surface area contributed by atoms with Gasteiger partial charge in [0, 0.05) is 31.5 Å². The smallest absolute Gasteiger partial charge is 0.225 e. The maximum atomic E-state index is 6.41. The Morgan fingerprint density at radius 3 is 2.71 bits per heavy atom. The van der Waals surface area contributed by atoms with Gasteiger partial charge < -0.3 is 14.4 Å². The first-order valence-electron chi connectivity index (χ1n) is 9.98. The van der Waals surface area contributed by atoms with Gasteiger partial charge in [-0.15, -0.1) is 5.10 Å². The summed E-state index contributed by atoms with van der Waals surface area (Å²) in [6.45, 7) is 3.14. The summed E-state index contributed by atoms with van der Waals surface area (Å²) in [7, 11) is 0. The van der Waals surface area contributed by atoms with Gasteiger partial charge in [0.2, 0.25) is 5.88 Å². The Kier molecular flexibility index (Phi) is 4.78. The summed E-state index contributed by atoms with van der Waals surface area (Å²) in [6.07, 6.45) is 9.70. The van der Waals surface area contributed by atoms with Crippen molar-refractivity contribution in [2.75, 3.05) is 31.2 Å². The number of ether oxygens (including phenoxy) is 2. The molecule has 0 unspecified atom stereocenters. The van der Waals surface area contributed by atoms with E-state index in [0.29, 0.717) is 11.9 Å². The second kappa shape index (κ2) is 7.71. The highest BCUT2D eigenvalue weighted by Gasteiger charge is 2.25. The summed E-state index contributed by atoms with van der Waals surface area (Å²) >= 11 is 0. The Labute approximate surface area is 163 Å². The molecule has 0 amide bonds. The molecule has 2 aliphatic rings. The molecule has 28 heavy (non-hydrogen) atoms. The fourth-order valence-corrected chi connectivity index (χ4v) is 4.07. The molecule has 1 saturated heterocycles. The molecule has 0 aromatic carbocycles. The molecule has 4 heterocycles. The molecule has 0 radical (unpaired) electrons. The third-order valence-electron chi connectivity index (χ3n) is 5.62. The molecule has 3 aromatic rings. The Morgan fingerprint density at radius 1 is 1.07 bits per heavy atom. The molecule has 3 aromatic heterocycles. The van der Waals surface area contributed by atoms with Gasteiger partial charge in [-0.3, -0.25) is 4.98 Å². The maximum absolute atomic E-state index is 6.41. The zero-order chi connectivity index (χ0) is 18.8. The van der Waals surface area contributed by atoms with Crippen LogP contribution in [0.15, 0.2) is 36.8 Å². The molecule has 2 fully saturated rings. The van der Waals surface area contributed by atoms with E-state index in [1.165, 1.54) is 0 Å². The summed E-state index contributed by atoms with van der Waals surface area (Å²) < 4.78 is 13.8. The average molecular weight is 380 g/mol. The van der Waals surface area contributed by atoms with Crippen LogP contribution in [-0.2, 0) is 4.74 Å².